The summed E-state index contributed by atoms with van der Waals surface area (Å²) < 4.78 is 10.7. The van der Waals surface area contributed by atoms with Crippen molar-refractivity contribution < 1.29 is 14.3 Å². The maximum atomic E-state index is 11.3. The third-order valence-corrected chi connectivity index (χ3v) is 2.69. The van der Waals surface area contributed by atoms with E-state index in [0.29, 0.717) is 36.9 Å². The molecule has 0 fully saturated rings. The van der Waals surface area contributed by atoms with Crippen molar-refractivity contribution in [1.82, 2.24) is 0 Å². The average molecular weight is 277 g/mol. The minimum Gasteiger partial charge on any atom is -0.482 e. The Morgan fingerprint density at radius 3 is 3.15 bits per heavy atom. The van der Waals surface area contributed by atoms with Crippen molar-refractivity contribution >= 4 is 23.0 Å². The van der Waals surface area contributed by atoms with Gasteiger partial charge in [0, 0.05) is 12.6 Å². The highest BCUT2D eigenvalue weighted by Crippen LogP contribution is 2.34. The molecule has 1 aliphatic rings. The lowest BCUT2D eigenvalue weighted by Gasteiger charge is -2.20. The Morgan fingerprint density at radius 1 is 1.60 bits per heavy atom. The summed E-state index contributed by atoms with van der Waals surface area (Å²) in [6, 6.07) is 3.46. The molecule has 20 heavy (non-hydrogen) atoms. The Labute approximate surface area is 117 Å². The summed E-state index contributed by atoms with van der Waals surface area (Å²) in [5.41, 5.74) is 8.86. The molecular formula is C14H19N3O3. The first-order chi connectivity index (χ1) is 9.56. The van der Waals surface area contributed by atoms with Gasteiger partial charge in [0.2, 0.25) is 0 Å². The Bertz CT molecular complexity index is 529. The van der Waals surface area contributed by atoms with Crippen LogP contribution in [0.3, 0.4) is 0 Å². The van der Waals surface area contributed by atoms with Crippen molar-refractivity contribution in [1.29, 1.82) is 0 Å². The molecule has 4 N–H and O–H groups in total. The molecule has 6 heteroatoms. The Hall–Kier alpha value is -2.21. The maximum Gasteiger partial charge on any atom is 0.262 e. The average Bonchev–Trinajstić information content (AvgIpc) is 2.39. The van der Waals surface area contributed by atoms with Gasteiger partial charge < -0.3 is 25.8 Å². The molecule has 1 heterocycles. The monoisotopic (exact) mass is 277 g/mol. The molecule has 0 atom stereocenters. The number of rotatable bonds is 6. The summed E-state index contributed by atoms with van der Waals surface area (Å²) in [6.45, 7) is 7.41. The molecule has 0 aromatic heterocycles. The van der Waals surface area contributed by atoms with Gasteiger partial charge >= 0.3 is 0 Å². The molecule has 1 amide bonds. The van der Waals surface area contributed by atoms with Crippen LogP contribution in [0.25, 0.3) is 0 Å². The van der Waals surface area contributed by atoms with Gasteiger partial charge in [-0.2, -0.15) is 0 Å². The van der Waals surface area contributed by atoms with E-state index in [1.165, 1.54) is 0 Å². The third-order valence-electron chi connectivity index (χ3n) is 2.69. The summed E-state index contributed by atoms with van der Waals surface area (Å²) in [5.74, 6) is 0.421. The fraction of sp³-hybridized carbons (Fsp3) is 0.357. The lowest BCUT2D eigenvalue weighted by Crippen LogP contribution is -2.25. The minimum absolute atomic E-state index is 0.0218. The lowest BCUT2D eigenvalue weighted by atomic mass is 10.2. The standard InChI is InChI=1S/C14H19N3O3/c1-9(2)7-19-4-3-16-11-6-12-13(5-10(11)15)20-8-14(18)17-12/h5-6,16H,1,3-4,7-8,15H2,2H3,(H,17,18). The zero-order valence-electron chi connectivity index (χ0n) is 11.5. The van der Waals surface area contributed by atoms with E-state index in [4.69, 9.17) is 15.2 Å². The van der Waals surface area contributed by atoms with E-state index >= 15 is 0 Å². The molecule has 1 aromatic rings. The van der Waals surface area contributed by atoms with Crippen molar-refractivity contribution in [2.24, 2.45) is 0 Å². The second-order valence-electron chi connectivity index (χ2n) is 4.71. The third kappa shape index (κ3) is 3.64. The summed E-state index contributed by atoms with van der Waals surface area (Å²) >= 11 is 0. The molecule has 2 rings (SSSR count). The number of fused-ring (bicyclic) bond motifs is 1. The number of carbonyl (C=O) groups excluding carboxylic acids is 1. The summed E-state index contributed by atoms with van der Waals surface area (Å²) in [5, 5.41) is 5.91. The highest BCUT2D eigenvalue weighted by molar-refractivity contribution is 5.97. The number of carbonyl (C=O) groups is 1. The first-order valence-corrected chi connectivity index (χ1v) is 6.38. The smallest absolute Gasteiger partial charge is 0.262 e. The van der Waals surface area contributed by atoms with Gasteiger partial charge in [0.25, 0.3) is 5.91 Å². The van der Waals surface area contributed by atoms with Crippen LogP contribution >= 0.6 is 0 Å². The molecule has 1 aliphatic heterocycles. The molecule has 0 saturated heterocycles. The fourth-order valence-electron chi connectivity index (χ4n) is 1.80. The summed E-state index contributed by atoms with van der Waals surface area (Å²) in [7, 11) is 0. The first kappa shape index (κ1) is 14.2. The van der Waals surface area contributed by atoms with E-state index < -0.39 is 0 Å². The van der Waals surface area contributed by atoms with Gasteiger partial charge in [0.1, 0.15) is 5.75 Å². The SMILES string of the molecule is C=C(C)COCCNc1cc2c(cc1N)OCC(=O)N2. The summed E-state index contributed by atoms with van der Waals surface area (Å²) in [4.78, 5) is 11.3. The van der Waals surface area contributed by atoms with Crippen molar-refractivity contribution in [2.45, 2.75) is 6.92 Å². The van der Waals surface area contributed by atoms with Crippen molar-refractivity contribution in [2.75, 3.05) is 42.7 Å². The molecule has 108 valence electrons. The Morgan fingerprint density at radius 2 is 2.40 bits per heavy atom. The minimum atomic E-state index is -0.169. The van der Waals surface area contributed by atoms with Gasteiger partial charge in [0.05, 0.1) is 30.3 Å². The molecule has 0 bridgehead atoms. The van der Waals surface area contributed by atoms with Gasteiger partial charge in [-0.15, -0.1) is 0 Å². The zero-order valence-corrected chi connectivity index (χ0v) is 11.5. The Kier molecular flexibility index (Phi) is 4.47. The largest absolute Gasteiger partial charge is 0.482 e. The van der Waals surface area contributed by atoms with E-state index in [9.17, 15) is 4.79 Å². The predicted octanol–water partition coefficient (Wildman–Crippen LogP) is 1.60. The molecule has 0 radical (unpaired) electrons. The second kappa shape index (κ2) is 6.29. The number of hydrogen-bond donors (Lipinski definition) is 3. The van der Waals surface area contributed by atoms with Crippen molar-refractivity contribution in [3.05, 3.63) is 24.3 Å². The fourth-order valence-corrected chi connectivity index (χ4v) is 1.80. The lowest BCUT2D eigenvalue weighted by molar-refractivity contribution is -0.118. The first-order valence-electron chi connectivity index (χ1n) is 6.38. The highest BCUT2D eigenvalue weighted by Gasteiger charge is 2.17. The molecule has 0 spiro atoms. The van der Waals surface area contributed by atoms with Crippen LogP contribution in [0, 0.1) is 0 Å². The number of ether oxygens (including phenoxy) is 2. The van der Waals surface area contributed by atoms with E-state index in [1.54, 1.807) is 12.1 Å². The summed E-state index contributed by atoms with van der Waals surface area (Å²) in [6.07, 6.45) is 0. The second-order valence-corrected chi connectivity index (χ2v) is 4.71. The van der Waals surface area contributed by atoms with Crippen LogP contribution in [0.4, 0.5) is 17.1 Å². The number of benzene rings is 1. The zero-order chi connectivity index (χ0) is 14.5. The van der Waals surface area contributed by atoms with Crippen molar-refractivity contribution in [3.63, 3.8) is 0 Å². The molecular weight excluding hydrogens is 258 g/mol. The van der Waals surface area contributed by atoms with Crippen LogP contribution in [-0.2, 0) is 9.53 Å². The molecule has 1 aromatic carbocycles. The van der Waals surface area contributed by atoms with E-state index in [0.717, 1.165) is 11.3 Å². The van der Waals surface area contributed by atoms with E-state index in [2.05, 4.69) is 17.2 Å². The van der Waals surface area contributed by atoms with E-state index in [-0.39, 0.29) is 12.5 Å². The van der Waals surface area contributed by atoms with Gasteiger partial charge in [-0.25, -0.2) is 0 Å². The van der Waals surface area contributed by atoms with Crippen LogP contribution in [0.5, 0.6) is 5.75 Å². The van der Waals surface area contributed by atoms with Gasteiger partial charge in [-0.1, -0.05) is 12.2 Å². The van der Waals surface area contributed by atoms with Crippen LogP contribution in [-0.4, -0.2) is 32.3 Å². The quantitative estimate of drug-likeness (QED) is 0.418. The van der Waals surface area contributed by atoms with E-state index in [1.807, 2.05) is 6.92 Å². The number of anilines is 3. The number of nitrogen functional groups attached to an aromatic ring is 1. The van der Waals surface area contributed by atoms with Crippen LogP contribution < -0.4 is 21.1 Å². The van der Waals surface area contributed by atoms with Crippen LogP contribution in [0.1, 0.15) is 6.92 Å². The molecule has 0 saturated carbocycles. The number of hydrogen-bond acceptors (Lipinski definition) is 5. The topological polar surface area (TPSA) is 85.6 Å². The molecule has 6 nitrogen and oxygen atoms in total. The molecule has 0 aliphatic carbocycles. The Balaban J connectivity index is 1.93. The number of amides is 1. The number of nitrogens with one attached hydrogen (secondary N) is 2. The number of nitrogens with two attached hydrogens (primary N) is 1. The highest BCUT2D eigenvalue weighted by atomic mass is 16.5. The van der Waals surface area contributed by atoms with Gasteiger partial charge in [-0.3, -0.25) is 4.79 Å². The van der Waals surface area contributed by atoms with Gasteiger partial charge in [-0.05, 0) is 13.0 Å². The predicted molar refractivity (Wildman–Crippen MR) is 79.1 cm³/mol. The van der Waals surface area contributed by atoms with Crippen LogP contribution in [0.15, 0.2) is 24.3 Å². The normalized spacial score (nSPS) is 13.2. The van der Waals surface area contributed by atoms with Crippen LogP contribution in [0.2, 0.25) is 0 Å². The van der Waals surface area contributed by atoms with Gasteiger partial charge in [0.15, 0.2) is 6.61 Å². The molecule has 0 unspecified atom stereocenters. The van der Waals surface area contributed by atoms with Crippen molar-refractivity contribution in [3.8, 4) is 5.75 Å². The maximum absolute atomic E-state index is 11.3.